The normalized spacial score (nSPS) is 10.3. The number of ketones is 1. The van der Waals surface area contributed by atoms with Gasteiger partial charge in [-0.25, -0.2) is 4.39 Å². The molecule has 0 radical (unpaired) electrons. The number of Topliss-reactive ketones (excluding diaryl/α,β-unsaturated/α-hetero) is 1. The van der Waals surface area contributed by atoms with Crippen molar-refractivity contribution < 1.29 is 18.7 Å². The quantitative estimate of drug-likeness (QED) is 0.732. The van der Waals surface area contributed by atoms with Gasteiger partial charge in [0, 0.05) is 19.2 Å². The van der Waals surface area contributed by atoms with Crippen molar-refractivity contribution in [1.29, 1.82) is 0 Å². The molecular weight excluding hydrogens is 309 g/mol. The van der Waals surface area contributed by atoms with Crippen molar-refractivity contribution >= 4 is 17.4 Å². The van der Waals surface area contributed by atoms with Crippen molar-refractivity contribution in [2.24, 2.45) is 0 Å². The van der Waals surface area contributed by atoms with E-state index in [0.717, 1.165) is 11.3 Å². The topological polar surface area (TPSA) is 46.6 Å². The number of carbonyl (C=O) groups excluding carboxylic acids is 2. The van der Waals surface area contributed by atoms with E-state index in [2.05, 4.69) is 0 Å². The smallest absolute Gasteiger partial charge is 0.294 e. The molecule has 0 fully saturated rings. The van der Waals surface area contributed by atoms with Gasteiger partial charge in [-0.05, 0) is 48.7 Å². The molecule has 0 atom stereocenters. The second-order valence-electron chi connectivity index (χ2n) is 5.47. The van der Waals surface area contributed by atoms with Crippen LogP contribution in [0.1, 0.15) is 18.4 Å². The Kier molecular flexibility index (Phi) is 6.07. The highest BCUT2D eigenvalue weighted by atomic mass is 19.1. The second kappa shape index (κ2) is 8.24. The molecule has 1 amide bonds. The number of benzene rings is 2. The van der Waals surface area contributed by atoms with Gasteiger partial charge in [0.15, 0.2) is 0 Å². The SMILES string of the molecule is COc1ccc(CCCC(=O)C(=O)N(C)c2cccc(F)c2)cc1. The van der Waals surface area contributed by atoms with Crippen LogP contribution in [0.5, 0.6) is 5.75 Å². The molecular formula is C19H20FNO3. The van der Waals surface area contributed by atoms with Crippen LogP contribution in [0.25, 0.3) is 0 Å². The standard InChI is InChI=1S/C19H20FNO3/c1-21(16-7-4-6-15(20)13-16)19(23)18(22)8-3-5-14-9-11-17(24-2)12-10-14/h4,6-7,9-13H,3,5,8H2,1-2H3. The Morgan fingerprint density at radius 2 is 1.83 bits per heavy atom. The highest BCUT2D eigenvalue weighted by Crippen LogP contribution is 2.16. The van der Waals surface area contributed by atoms with E-state index in [1.807, 2.05) is 24.3 Å². The highest BCUT2D eigenvalue weighted by molar-refractivity contribution is 6.41. The van der Waals surface area contributed by atoms with Gasteiger partial charge in [-0.3, -0.25) is 9.59 Å². The Bertz CT molecular complexity index is 713. The fourth-order valence-corrected chi connectivity index (χ4v) is 2.34. The fourth-order valence-electron chi connectivity index (χ4n) is 2.34. The summed E-state index contributed by atoms with van der Waals surface area (Å²) in [6.07, 6.45) is 1.44. The van der Waals surface area contributed by atoms with Crippen LogP contribution in [0.2, 0.25) is 0 Å². The van der Waals surface area contributed by atoms with Gasteiger partial charge < -0.3 is 9.64 Å². The van der Waals surface area contributed by atoms with Crippen LogP contribution < -0.4 is 9.64 Å². The van der Waals surface area contributed by atoms with E-state index in [4.69, 9.17) is 4.74 Å². The summed E-state index contributed by atoms with van der Waals surface area (Å²) in [6.45, 7) is 0. The van der Waals surface area contributed by atoms with Crippen LogP contribution in [0.3, 0.4) is 0 Å². The van der Waals surface area contributed by atoms with Gasteiger partial charge in [-0.15, -0.1) is 0 Å². The average Bonchev–Trinajstić information content (AvgIpc) is 2.61. The summed E-state index contributed by atoms with van der Waals surface area (Å²) in [5.74, 6) is -0.772. The van der Waals surface area contributed by atoms with Gasteiger partial charge in [0.2, 0.25) is 5.78 Å². The van der Waals surface area contributed by atoms with Crippen molar-refractivity contribution in [2.75, 3.05) is 19.1 Å². The van der Waals surface area contributed by atoms with Crippen molar-refractivity contribution in [2.45, 2.75) is 19.3 Å². The molecule has 0 saturated carbocycles. The molecule has 0 heterocycles. The molecule has 0 saturated heterocycles. The summed E-state index contributed by atoms with van der Waals surface area (Å²) in [5, 5.41) is 0. The summed E-state index contributed by atoms with van der Waals surface area (Å²) in [6, 6.07) is 13.2. The maximum atomic E-state index is 13.2. The molecule has 2 rings (SSSR count). The van der Waals surface area contributed by atoms with Crippen molar-refractivity contribution in [3.8, 4) is 5.75 Å². The molecule has 0 aromatic heterocycles. The summed E-state index contributed by atoms with van der Waals surface area (Å²) in [7, 11) is 3.08. The number of methoxy groups -OCH3 is 1. The number of hydrogen-bond acceptors (Lipinski definition) is 3. The number of ether oxygens (including phenoxy) is 1. The third kappa shape index (κ3) is 4.65. The van der Waals surface area contributed by atoms with Crippen molar-refractivity contribution in [1.82, 2.24) is 0 Å². The van der Waals surface area contributed by atoms with Crippen LogP contribution in [-0.2, 0) is 16.0 Å². The highest BCUT2D eigenvalue weighted by Gasteiger charge is 2.19. The maximum absolute atomic E-state index is 13.2. The molecule has 0 unspecified atom stereocenters. The Hall–Kier alpha value is -2.69. The molecule has 24 heavy (non-hydrogen) atoms. The van der Waals surface area contributed by atoms with Gasteiger partial charge in [0.05, 0.1) is 7.11 Å². The summed E-state index contributed by atoms with van der Waals surface area (Å²) in [4.78, 5) is 25.3. The van der Waals surface area contributed by atoms with E-state index in [1.54, 1.807) is 13.2 Å². The first-order chi connectivity index (χ1) is 11.5. The van der Waals surface area contributed by atoms with Crippen molar-refractivity contribution in [3.63, 3.8) is 0 Å². The Labute approximate surface area is 140 Å². The molecule has 0 aliphatic heterocycles. The fraction of sp³-hybridized carbons (Fsp3) is 0.263. The number of likely N-dealkylation sites (N-methyl/N-ethyl adjacent to an activating group) is 1. The van der Waals surface area contributed by atoms with E-state index in [-0.39, 0.29) is 6.42 Å². The Balaban J connectivity index is 1.86. The van der Waals surface area contributed by atoms with E-state index in [9.17, 15) is 14.0 Å². The lowest BCUT2D eigenvalue weighted by Crippen LogP contribution is -2.33. The van der Waals surface area contributed by atoms with Crippen LogP contribution in [0.15, 0.2) is 48.5 Å². The lowest BCUT2D eigenvalue weighted by atomic mass is 10.1. The van der Waals surface area contributed by atoms with E-state index in [0.29, 0.717) is 18.5 Å². The molecule has 0 aliphatic rings. The maximum Gasteiger partial charge on any atom is 0.294 e. The van der Waals surface area contributed by atoms with Gasteiger partial charge in [-0.2, -0.15) is 0 Å². The number of carbonyl (C=O) groups is 2. The first-order valence-electron chi connectivity index (χ1n) is 7.70. The van der Waals surface area contributed by atoms with Gasteiger partial charge in [-0.1, -0.05) is 18.2 Å². The van der Waals surface area contributed by atoms with Gasteiger partial charge in [0.1, 0.15) is 11.6 Å². The van der Waals surface area contributed by atoms with Crippen LogP contribution in [0, 0.1) is 5.82 Å². The molecule has 0 aliphatic carbocycles. The number of hydrogen-bond donors (Lipinski definition) is 0. The summed E-state index contributed by atoms with van der Waals surface area (Å²) < 4.78 is 18.3. The third-order valence-corrected chi connectivity index (χ3v) is 3.77. The Morgan fingerprint density at radius 1 is 1.12 bits per heavy atom. The van der Waals surface area contributed by atoms with Crippen LogP contribution >= 0.6 is 0 Å². The lowest BCUT2D eigenvalue weighted by molar-refractivity contribution is -0.136. The minimum Gasteiger partial charge on any atom is -0.497 e. The summed E-state index contributed by atoms with van der Waals surface area (Å²) >= 11 is 0. The lowest BCUT2D eigenvalue weighted by Gasteiger charge is -2.16. The number of halogens is 1. The van der Waals surface area contributed by atoms with E-state index >= 15 is 0 Å². The number of amides is 1. The number of aryl methyl sites for hydroxylation is 1. The molecule has 0 N–H and O–H groups in total. The molecule has 2 aromatic carbocycles. The zero-order chi connectivity index (χ0) is 17.5. The molecule has 4 nitrogen and oxygen atoms in total. The van der Waals surface area contributed by atoms with Crippen LogP contribution in [-0.4, -0.2) is 25.8 Å². The zero-order valence-corrected chi connectivity index (χ0v) is 13.8. The molecule has 2 aromatic rings. The first kappa shape index (κ1) is 17.7. The number of rotatable bonds is 7. The monoisotopic (exact) mass is 329 g/mol. The molecule has 0 bridgehead atoms. The largest absolute Gasteiger partial charge is 0.497 e. The summed E-state index contributed by atoms with van der Waals surface area (Å²) in [5.41, 5.74) is 1.44. The minimum atomic E-state index is -0.629. The van der Waals surface area contributed by atoms with Crippen LogP contribution in [0.4, 0.5) is 10.1 Å². The first-order valence-corrected chi connectivity index (χ1v) is 7.70. The Morgan fingerprint density at radius 3 is 2.46 bits per heavy atom. The van der Waals surface area contributed by atoms with Gasteiger partial charge in [0.25, 0.3) is 5.91 Å². The predicted octanol–water partition coefficient (Wildman–Crippen LogP) is 3.39. The predicted molar refractivity (Wildman–Crippen MR) is 90.7 cm³/mol. The minimum absolute atomic E-state index is 0.157. The zero-order valence-electron chi connectivity index (χ0n) is 13.8. The van der Waals surface area contributed by atoms with E-state index in [1.165, 1.54) is 30.1 Å². The van der Waals surface area contributed by atoms with Crippen molar-refractivity contribution in [3.05, 3.63) is 59.9 Å². The number of nitrogens with zero attached hydrogens (tertiary/aromatic N) is 1. The molecule has 0 spiro atoms. The second-order valence-corrected chi connectivity index (χ2v) is 5.47. The molecule has 126 valence electrons. The average molecular weight is 329 g/mol. The van der Waals surface area contributed by atoms with Gasteiger partial charge >= 0.3 is 0 Å². The molecule has 5 heteroatoms. The third-order valence-electron chi connectivity index (χ3n) is 3.77. The number of anilines is 1. The van der Waals surface area contributed by atoms with E-state index < -0.39 is 17.5 Å².